The van der Waals surface area contributed by atoms with Gasteiger partial charge in [-0.15, -0.1) is 0 Å². The van der Waals surface area contributed by atoms with Gasteiger partial charge < -0.3 is 4.90 Å². The SMILES string of the molecule is CC.CC(=O)N1CCC(Cc2ccc(C(C)C)cc2)CC1. The molecule has 1 amide bonds. The maximum Gasteiger partial charge on any atom is 0.219 e. The number of piperidine rings is 1. The highest BCUT2D eigenvalue weighted by molar-refractivity contribution is 5.73. The van der Waals surface area contributed by atoms with Gasteiger partial charge in [-0.3, -0.25) is 4.79 Å². The average molecular weight is 289 g/mol. The van der Waals surface area contributed by atoms with Gasteiger partial charge in [-0.25, -0.2) is 0 Å². The van der Waals surface area contributed by atoms with E-state index in [-0.39, 0.29) is 5.91 Å². The predicted molar refractivity (Wildman–Crippen MR) is 90.6 cm³/mol. The second-order valence-electron chi connectivity index (χ2n) is 6.05. The van der Waals surface area contributed by atoms with Gasteiger partial charge >= 0.3 is 0 Å². The number of amides is 1. The minimum atomic E-state index is 0.222. The van der Waals surface area contributed by atoms with Crippen molar-refractivity contribution in [3.8, 4) is 0 Å². The lowest BCUT2D eigenvalue weighted by Crippen LogP contribution is -2.37. The van der Waals surface area contributed by atoms with Crippen LogP contribution in [0.5, 0.6) is 0 Å². The van der Waals surface area contributed by atoms with Gasteiger partial charge in [0.1, 0.15) is 0 Å². The molecule has 1 fully saturated rings. The molecule has 2 heteroatoms. The van der Waals surface area contributed by atoms with Crippen LogP contribution < -0.4 is 0 Å². The molecule has 1 saturated heterocycles. The van der Waals surface area contributed by atoms with Crippen molar-refractivity contribution >= 4 is 5.91 Å². The van der Waals surface area contributed by atoms with E-state index in [1.165, 1.54) is 11.1 Å². The van der Waals surface area contributed by atoms with E-state index in [1.54, 1.807) is 6.92 Å². The molecule has 2 rings (SSSR count). The minimum absolute atomic E-state index is 0.222. The largest absolute Gasteiger partial charge is 0.343 e. The Hall–Kier alpha value is -1.31. The van der Waals surface area contributed by atoms with Gasteiger partial charge in [-0.05, 0) is 42.2 Å². The first-order valence-corrected chi connectivity index (χ1v) is 8.40. The van der Waals surface area contributed by atoms with Crippen LogP contribution in [0.25, 0.3) is 0 Å². The van der Waals surface area contributed by atoms with Gasteiger partial charge in [0.15, 0.2) is 0 Å². The number of hydrogen-bond donors (Lipinski definition) is 0. The van der Waals surface area contributed by atoms with Crippen LogP contribution >= 0.6 is 0 Å². The summed E-state index contributed by atoms with van der Waals surface area (Å²) in [7, 11) is 0. The molecule has 2 nitrogen and oxygen atoms in total. The smallest absolute Gasteiger partial charge is 0.219 e. The molecular formula is C19H31NO. The normalized spacial score (nSPS) is 15.6. The molecule has 0 bridgehead atoms. The Bertz CT molecular complexity index is 414. The number of benzene rings is 1. The molecule has 0 saturated carbocycles. The van der Waals surface area contributed by atoms with E-state index in [2.05, 4.69) is 38.1 Å². The fourth-order valence-corrected chi connectivity index (χ4v) is 2.82. The summed E-state index contributed by atoms with van der Waals surface area (Å²) in [6, 6.07) is 9.05. The van der Waals surface area contributed by atoms with Crippen LogP contribution in [0.3, 0.4) is 0 Å². The van der Waals surface area contributed by atoms with E-state index in [9.17, 15) is 4.79 Å². The zero-order valence-electron chi connectivity index (χ0n) is 14.4. The molecule has 118 valence electrons. The Morgan fingerprint density at radius 3 is 2.10 bits per heavy atom. The maximum atomic E-state index is 11.3. The third-order valence-electron chi connectivity index (χ3n) is 4.23. The quantitative estimate of drug-likeness (QED) is 0.794. The van der Waals surface area contributed by atoms with Crippen molar-refractivity contribution in [2.45, 2.75) is 59.8 Å². The summed E-state index contributed by atoms with van der Waals surface area (Å²) in [5.41, 5.74) is 2.85. The topological polar surface area (TPSA) is 20.3 Å². The van der Waals surface area contributed by atoms with Crippen LogP contribution in [0.4, 0.5) is 0 Å². The highest BCUT2D eigenvalue weighted by atomic mass is 16.2. The lowest BCUT2D eigenvalue weighted by atomic mass is 9.89. The molecule has 0 radical (unpaired) electrons. The first-order chi connectivity index (χ1) is 10.1. The van der Waals surface area contributed by atoms with E-state index < -0.39 is 0 Å². The Morgan fingerprint density at radius 2 is 1.67 bits per heavy atom. The third-order valence-corrected chi connectivity index (χ3v) is 4.23. The number of likely N-dealkylation sites (tertiary alicyclic amines) is 1. The Kier molecular flexibility index (Phi) is 7.49. The van der Waals surface area contributed by atoms with Crippen molar-refractivity contribution in [3.05, 3.63) is 35.4 Å². The van der Waals surface area contributed by atoms with E-state index in [1.807, 2.05) is 18.7 Å². The summed E-state index contributed by atoms with van der Waals surface area (Å²) >= 11 is 0. The highest BCUT2D eigenvalue weighted by Gasteiger charge is 2.20. The average Bonchev–Trinajstić information content (AvgIpc) is 2.50. The van der Waals surface area contributed by atoms with Crippen LogP contribution in [-0.2, 0) is 11.2 Å². The molecule has 0 aromatic heterocycles. The lowest BCUT2D eigenvalue weighted by Gasteiger charge is -2.31. The third kappa shape index (κ3) is 5.53. The zero-order chi connectivity index (χ0) is 15.8. The number of carbonyl (C=O) groups excluding carboxylic acids is 1. The van der Waals surface area contributed by atoms with Gasteiger partial charge in [0.2, 0.25) is 5.91 Å². The first-order valence-electron chi connectivity index (χ1n) is 8.40. The molecule has 1 aromatic carbocycles. The van der Waals surface area contributed by atoms with Crippen molar-refractivity contribution in [3.63, 3.8) is 0 Å². The van der Waals surface area contributed by atoms with Crippen LogP contribution in [0.1, 0.15) is 64.5 Å². The van der Waals surface area contributed by atoms with Gasteiger partial charge in [-0.2, -0.15) is 0 Å². The molecule has 0 spiro atoms. The molecular weight excluding hydrogens is 258 g/mol. The number of carbonyl (C=O) groups is 1. The van der Waals surface area contributed by atoms with Crippen molar-refractivity contribution in [1.29, 1.82) is 0 Å². The Labute approximate surface area is 130 Å². The summed E-state index contributed by atoms with van der Waals surface area (Å²) in [5, 5.41) is 0. The molecule has 1 aromatic rings. The molecule has 1 heterocycles. The molecule has 0 N–H and O–H groups in total. The maximum absolute atomic E-state index is 11.3. The van der Waals surface area contributed by atoms with Crippen LogP contribution in [-0.4, -0.2) is 23.9 Å². The summed E-state index contributed by atoms with van der Waals surface area (Å²) in [6.45, 7) is 12.0. The van der Waals surface area contributed by atoms with Crippen LogP contribution in [0.2, 0.25) is 0 Å². The van der Waals surface area contributed by atoms with Crippen LogP contribution in [0, 0.1) is 5.92 Å². The van der Waals surface area contributed by atoms with Gasteiger partial charge in [-0.1, -0.05) is 52.0 Å². The van der Waals surface area contributed by atoms with E-state index in [0.29, 0.717) is 5.92 Å². The summed E-state index contributed by atoms with van der Waals surface area (Å²) in [4.78, 5) is 13.3. The summed E-state index contributed by atoms with van der Waals surface area (Å²) in [5.74, 6) is 1.56. The lowest BCUT2D eigenvalue weighted by molar-refractivity contribution is -0.130. The molecule has 0 aliphatic carbocycles. The zero-order valence-corrected chi connectivity index (χ0v) is 14.4. The number of hydrogen-bond acceptors (Lipinski definition) is 1. The second kappa shape index (κ2) is 8.86. The van der Waals surface area contributed by atoms with E-state index in [0.717, 1.165) is 38.3 Å². The standard InChI is InChI=1S/C17H25NO.C2H6/c1-13(2)17-6-4-15(5-7-17)12-16-8-10-18(11-9-16)14(3)19;1-2/h4-7,13,16H,8-12H2,1-3H3;1-2H3. The van der Waals surface area contributed by atoms with Crippen molar-refractivity contribution in [2.75, 3.05) is 13.1 Å². The fraction of sp³-hybridized carbons (Fsp3) is 0.632. The van der Waals surface area contributed by atoms with Crippen molar-refractivity contribution < 1.29 is 4.79 Å². The highest BCUT2D eigenvalue weighted by Crippen LogP contribution is 2.23. The first kappa shape index (κ1) is 17.7. The van der Waals surface area contributed by atoms with Gasteiger partial charge in [0, 0.05) is 20.0 Å². The molecule has 21 heavy (non-hydrogen) atoms. The summed E-state index contributed by atoms with van der Waals surface area (Å²) < 4.78 is 0. The van der Waals surface area contributed by atoms with Crippen LogP contribution in [0.15, 0.2) is 24.3 Å². The predicted octanol–water partition coefficient (Wildman–Crippen LogP) is 4.64. The van der Waals surface area contributed by atoms with E-state index >= 15 is 0 Å². The molecule has 0 atom stereocenters. The number of rotatable bonds is 3. The number of nitrogens with zero attached hydrogens (tertiary/aromatic N) is 1. The molecule has 1 aliphatic rings. The van der Waals surface area contributed by atoms with E-state index in [4.69, 9.17) is 0 Å². The summed E-state index contributed by atoms with van der Waals surface area (Å²) in [6.07, 6.45) is 3.45. The molecule has 0 unspecified atom stereocenters. The van der Waals surface area contributed by atoms with Gasteiger partial charge in [0.05, 0.1) is 0 Å². The van der Waals surface area contributed by atoms with Crippen molar-refractivity contribution in [1.82, 2.24) is 4.90 Å². The fourth-order valence-electron chi connectivity index (χ4n) is 2.82. The van der Waals surface area contributed by atoms with Gasteiger partial charge in [0.25, 0.3) is 0 Å². The Balaban J connectivity index is 0.00000106. The molecule has 1 aliphatic heterocycles. The second-order valence-corrected chi connectivity index (χ2v) is 6.05. The Morgan fingerprint density at radius 1 is 1.14 bits per heavy atom. The van der Waals surface area contributed by atoms with Crippen molar-refractivity contribution in [2.24, 2.45) is 5.92 Å². The monoisotopic (exact) mass is 289 g/mol. The minimum Gasteiger partial charge on any atom is -0.343 e.